The van der Waals surface area contributed by atoms with Gasteiger partial charge in [0.05, 0.1) is 24.7 Å². The fourth-order valence-electron chi connectivity index (χ4n) is 3.72. The Morgan fingerprint density at radius 2 is 2.03 bits per heavy atom. The van der Waals surface area contributed by atoms with E-state index in [0.717, 1.165) is 42.8 Å². The molecule has 0 aromatic heterocycles. The van der Waals surface area contributed by atoms with Crippen molar-refractivity contribution in [2.45, 2.75) is 32.3 Å². The molecule has 2 N–H and O–H groups in total. The number of morpholine rings is 1. The summed E-state index contributed by atoms with van der Waals surface area (Å²) in [6.07, 6.45) is 0.842. The number of carbonyl (C=O) groups is 1. The van der Waals surface area contributed by atoms with E-state index < -0.39 is 0 Å². The van der Waals surface area contributed by atoms with Crippen LogP contribution in [0.4, 0.5) is 0 Å². The lowest BCUT2D eigenvalue weighted by Crippen LogP contribution is -2.33. The number of ether oxygens (including phenoxy) is 1. The highest BCUT2D eigenvalue weighted by atomic mass is 16.5. The summed E-state index contributed by atoms with van der Waals surface area (Å²) in [4.78, 5) is 12.6. The van der Waals surface area contributed by atoms with Gasteiger partial charge in [0.1, 0.15) is 6.54 Å². The van der Waals surface area contributed by atoms with Gasteiger partial charge >= 0.3 is 0 Å². The molecule has 1 heterocycles. The van der Waals surface area contributed by atoms with E-state index in [-0.39, 0.29) is 24.5 Å². The zero-order valence-electron chi connectivity index (χ0n) is 17.2. The third-order valence-electron chi connectivity index (χ3n) is 5.20. The number of rotatable bonds is 7. The van der Waals surface area contributed by atoms with E-state index in [1.807, 2.05) is 18.2 Å². The Morgan fingerprint density at radius 3 is 2.69 bits per heavy atom. The summed E-state index contributed by atoms with van der Waals surface area (Å²) in [6.45, 7) is 6.72. The SMILES string of the molecule is CC(C)CC(C(=O)NCC#N)c1cccc(-c2ccc(C3CNCCO3)cc2)c1. The summed E-state index contributed by atoms with van der Waals surface area (Å²) < 4.78 is 5.83. The number of benzene rings is 2. The minimum atomic E-state index is -0.260. The van der Waals surface area contributed by atoms with Crippen LogP contribution >= 0.6 is 0 Å². The Bertz CT molecular complexity index is 849. The molecule has 2 aromatic carbocycles. The third kappa shape index (κ3) is 5.66. The molecule has 2 aromatic rings. The maximum atomic E-state index is 12.6. The molecule has 3 rings (SSSR count). The molecule has 1 aliphatic rings. The monoisotopic (exact) mass is 391 g/mol. The summed E-state index contributed by atoms with van der Waals surface area (Å²) in [5.74, 6) is 0.0267. The van der Waals surface area contributed by atoms with Crippen molar-refractivity contribution in [3.8, 4) is 17.2 Å². The van der Waals surface area contributed by atoms with Crippen LogP contribution < -0.4 is 10.6 Å². The zero-order valence-corrected chi connectivity index (χ0v) is 17.2. The summed E-state index contributed by atoms with van der Waals surface area (Å²) in [5.41, 5.74) is 4.35. The Morgan fingerprint density at radius 1 is 1.24 bits per heavy atom. The molecule has 29 heavy (non-hydrogen) atoms. The van der Waals surface area contributed by atoms with Gasteiger partial charge in [-0.1, -0.05) is 62.4 Å². The Labute approximate surface area is 173 Å². The van der Waals surface area contributed by atoms with E-state index in [2.05, 4.69) is 60.9 Å². The van der Waals surface area contributed by atoms with Gasteiger partial charge in [-0.2, -0.15) is 5.26 Å². The maximum Gasteiger partial charge on any atom is 0.228 e. The molecule has 2 unspecified atom stereocenters. The van der Waals surface area contributed by atoms with Crippen molar-refractivity contribution >= 4 is 5.91 Å². The van der Waals surface area contributed by atoms with Crippen LogP contribution in [0, 0.1) is 17.2 Å². The minimum Gasteiger partial charge on any atom is -0.371 e. The van der Waals surface area contributed by atoms with Crippen LogP contribution in [0.1, 0.15) is 43.4 Å². The Hall–Kier alpha value is -2.68. The minimum absolute atomic E-state index is 0.0344. The van der Waals surface area contributed by atoms with Crippen LogP contribution in [-0.2, 0) is 9.53 Å². The molecule has 152 valence electrons. The van der Waals surface area contributed by atoms with Crippen molar-refractivity contribution < 1.29 is 9.53 Å². The summed E-state index contributed by atoms with van der Waals surface area (Å²) in [6, 6.07) is 18.6. The third-order valence-corrected chi connectivity index (χ3v) is 5.20. The number of nitrogens with zero attached hydrogens (tertiary/aromatic N) is 1. The highest BCUT2D eigenvalue weighted by molar-refractivity contribution is 5.84. The molecule has 1 aliphatic heterocycles. The second-order valence-electron chi connectivity index (χ2n) is 7.87. The standard InChI is InChI=1S/C24H29N3O2/c1-17(2)14-22(24(28)27-11-10-25)21-5-3-4-20(15-21)18-6-8-19(9-7-18)23-16-26-12-13-29-23/h3-9,15,17,22-23,26H,11-14,16H2,1-2H3,(H,27,28). The van der Waals surface area contributed by atoms with Crippen LogP contribution in [0.3, 0.4) is 0 Å². The van der Waals surface area contributed by atoms with E-state index in [1.54, 1.807) is 0 Å². The molecule has 0 spiro atoms. The molecular weight excluding hydrogens is 362 g/mol. The number of amides is 1. The molecule has 0 radical (unpaired) electrons. The van der Waals surface area contributed by atoms with Crippen LogP contribution in [0.2, 0.25) is 0 Å². The fraction of sp³-hybridized carbons (Fsp3) is 0.417. The van der Waals surface area contributed by atoms with Gasteiger partial charge in [0.2, 0.25) is 5.91 Å². The number of hydrogen-bond acceptors (Lipinski definition) is 4. The van der Waals surface area contributed by atoms with Gasteiger partial charge in [-0.05, 0) is 34.6 Å². The number of hydrogen-bond donors (Lipinski definition) is 2. The van der Waals surface area contributed by atoms with E-state index in [1.165, 1.54) is 5.56 Å². The molecule has 0 saturated carbocycles. The van der Waals surface area contributed by atoms with E-state index >= 15 is 0 Å². The normalized spacial score (nSPS) is 17.5. The van der Waals surface area contributed by atoms with Crippen molar-refractivity contribution in [3.63, 3.8) is 0 Å². The van der Waals surface area contributed by atoms with E-state index in [0.29, 0.717) is 5.92 Å². The van der Waals surface area contributed by atoms with Crippen LogP contribution in [0.25, 0.3) is 11.1 Å². The second-order valence-corrected chi connectivity index (χ2v) is 7.87. The van der Waals surface area contributed by atoms with Crippen molar-refractivity contribution in [2.24, 2.45) is 5.92 Å². The molecule has 2 atom stereocenters. The molecule has 1 fully saturated rings. The number of nitriles is 1. The van der Waals surface area contributed by atoms with Gasteiger partial charge in [0.25, 0.3) is 0 Å². The molecule has 5 nitrogen and oxygen atoms in total. The lowest BCUT2D eigenvalue weighted by molar-refractivity contribution is -0.122. The van der Waals surface area contributed by atoms with Crippen LogP contribution in [-0.4, -0.2) is 32.1 Å². The first-order valence-electron chi connectivity index (χ1n) is 10.3. The van der Waals surface area contributed by atoms with Gasteiger partial charge < -0.3 is 15.4 Å². The molecule has 1 saturated heterocycles. The van der Waals surface area contributed by atoms with Gasteiger partial charge in [0.15, 0.2) is 0 Å². The quantitative estimate of drug-likeness (QED) is 0.705. The first kappa shape index (κ1) is 21.0. The van der Waals surface area contributed by atoms with Gasteiger partial charge in [0, 0.05) is 13.1 Å². The zero-order chi connectivity index (χ0) is 20.6. The largest absolute Gasteiger partial charge is 0.371 e. The lowest BCUT2D eigenvalue weighted by Gasteiger charge is -2.24. The Balaban J connectivity index is 1.81. The smallest absolute Gasteiger partial charge is 0.228 e. The fourth-order valence-corrected chi connectivity index (χ4v) is 3.72. The average molecular weight is 392 g/mol. The molecule has 5 heteroatoms. The number of nitrogens with one attached hydrogen (secondary N) is 2. The molecule has 0 aliphatic carbocycles. The second kappa shape index (κ2) is 10.2. The predicted molar refractivity (Wildman–Crippen MR) is 114 cm³/mol. The Kier molecular flexibility index (Phi) is 7.40. The van der Waals surface area contributed by atoms with Crippen molar-refractivity contribution in [1.29, 1.82) is 5.26 Å². The van der Waals surface area contributed by atoms with Crippen molar-refractivity contribution in [2.75, 3.05) is 26.2 Å². The first-order valence-corrected chi connectivity index (χ1v) is 10.3. The summed E-state index contributed by atoms with van der Waals surface area (Å²) in [5, 5.41) is 14.9. The van der Waals surface area contributed by atoms with E-state index in [9.17, 15) is 4.79 Å². The van der Waals surface area contributed by atoms with Crippen LogP contribution in [0.15, 0.2) is 48.5 Å². The van der Waals surface area contributed by atoms with Crippen LogP contribution in [0.5, 0.6) is 0 Å². The van der Waals surface area contributed by atoms with Gasteiger partial charge in [-0.15, -0.1) is 0 Å². The topological polar surface area (TPSA) is 74.2 Å². The summed E-state index contributed by atoms with van der Waals surface area (Å²) >= 11 is 0. The number of carbonyl (C=O) groups excluding carboxylic acids is 1. The van der Waals surface area contributed by atoms with E-state index in [4.69, 9.17) is 10.00 Å². The predicted octanol–water partition coefficient (Wildman–Crippen LogP) is 3.78. The maximum absolute atomic E-state index is 12.6. The first-order chi connectivity index (χ1) is 14.1. The average Bonchev–Trinajstić information content (AvgIpc) is 2.76. The molecular formula is C24H29N3O2. The highest BCUT2D eigenvalue weighted by Crippen LogP contribution is 2.29. The lowest BCUT2D eigenvalue weighted by atomic mass is 9.88. The van der Waals surface area contributed by atoms with Gasteiger partial charge in [-0.25, -0.2) is 0 Å². The van der Waals surface area contributed by atoms with Gasteiger partial charge in [-0.3, -0.25) is 4.79 Å². The van der Waals surface area contributed by atoms with Crippen molar-refractivity contribution in [1.82, 2.24) is 10.6 Å². The molecule has 1 amide bonds. The molecule has 0 bridgehead atoms. The highest BCUT2D eigenvalue weighted by Gasteiger charge is 2.22. The van der Waals surface area contributed by atoms with Crippen molar-refractivity contribution in [3.05, 3.63) is 59.7 Å². The summed E-state index contributed by atoms with van der Waals surface area (Å²) in [7, 11) is 0.